The Morgan fingerprint density at radius 2 is 1.76 bits per heavy atom. The number of carboxylic acids is 1. The van der Waals surface area contributed by atoms with Gasteiger partial charge in [-0.05, 0) is 42.2 Å². The van der Waals surface area contributed by atoms with Gasteiger partial charge < -0.3 is 25.4 Å². The van der Waals surface area contributed by atoms with Gasteiger partial charge in [-0.2, -0.15) is 0 Å². The number of rotatable bonds is 11. The molecule has 4 rings (SSSR count). The third kappa shape index (κ3) is 7.53. The minimum atomic E-state index is -1.34. The molecule has 0 radical (unpaired) electrons. The van der Waals surface area contributed by atoms with E-state index in [1.165, 1.54) is 41.2 Å². The van der Waals surface area contributed by atoms with Gasteiger partial charge >= 0.3 is 12.0 Å². The van der Waals surface area contributed by atoms with E-state index in [0.717, 1.165) is 25.7 Å². The Morgan fingerprint density at radius 3 is 2.40 bits per heavy atom. The molecule has 2 fully saturated rings. The number of nitrogens with zero attached hydrogens (tertiary/aromatic N) is 3. The number of carbonyl (C=O) groups is 4. The van der Waals surface area contributed by atoms with Crippen molar-refractivity contribution in [3.8, 4) is 5.75 Å². The second-order valence-corrected chi connectivity index (χ2v) is 10.5. The number of nitro groups is 1. The van der Waals surface area contributed by atoms with Gasteiger partial charge in [-0.25, -0.2) is 4.79 Å². The van der Waals surface area contributed by atoms with E-state index in [-0.39, 0.29) is 36.7 Å². The number of urea groups is 1. The van der Waals surface area contributed by atoms with E-state index < -0.39 is 41.5 Å². The molecule has 2 atom stereocenters. The van der Waals surface area contributed by atoms with E-state index in [0.29, 0.717) is 23.8 Å². The lowest BCUT2D eigenvalue weighted by molar-refractivity contribution is -0.384. The SMILES string of the molecule is COc1ccc(NC(=O)N2CCN(C(=O)CCC3CCCC3)C2C(=O)NC(CC(=O)O)c2cccc([N+](=O)[O-])c2)cc1. The molecule has 1 saturated heterocycles. The van der Waals surface area contributed by atoms with Crippen molar-refractivity contribution >= 4 is 35.2 Å². The minimum absolute atomic E-state index is 0.0790. The zero-order chi connectivity index (χ0) is 30.2. The summed E-state index contributed by atoms with van der Waals surface area (Å²) in [5.74, 6) is -1.23. The molecule has 1 aliphatic heterocycles. The maximum atomic E-state index is 13.8. The molecule has 0 bridgehead atoms. The molecule has 13 nitrogen and oxygen atoms in total. The smallest absolute Gasteiger partial charge is 0.323 e. The number of carbonyl (C=O) groups excluding carboxylic acids is 3. The van der Waals surface area contributed by atoms with Crippen molar-refractivity contribution in [2.75, 3.05) is 25.5 Å². The Kier molecular flexibility index (Phi) is 9.94. The molecule has 224 valence electrons. The topological polar surface area (TPSA) is 171 Å². The second kappa shape index (κ2) is 13.8. The summed E-state index contributed by atoms with van der Waals surface area (Å²) in [7, 11) is 1.52. The first-order valence-corrected chi connectivity index (χ1v) is 13.9. The van der Waals surface area contributed by atoms with Crippen LogP contribution in [0.1, 0.15) is 56.6 Å². The van der Waals surface area contributed by atoms with Gasteiger partial charge in [-0.3, -0.25) is 29.4 Å². The third-order valence-corrected chi connectivity index (χ3v) is 7.75. The van der Waals surface area contributed by atoms with Crippen LogP contribution in [0.5, 0.6) is 5.75 Å². The molecule has 3 N–H and O–H groups in total. The van der Waals surface area contributed by atoms with Crippen LogP contribution in [0.4, 0.5) is 16.2 Å². The van der Waals surface area contributed by atoms with E-state index in [4.69, 9.17) is 4.74 Å². The lowest BCUT2D eigenvalue weighted by atomic mass is 10.0. The van der Waals surface area contributed by atoms with Crippen LogP contribution >= 0.6 is 0 Å². The predicted octanol–water partition coefficient (Wildman–Crippen LogP) is 3.91. The molecule has 2 aromatic carbocycles. The zero-order valence-corrected chi connectivity index (χ0v) is 23.4. The van der Waals surface area contributed by atoms with E-state index >= 15 is 0 Å². The number of carboxylic acid groups (broad SMARTS) is 1. The summed E-state index contributed by atoms with van der Waals surface area (Å²) in [6.45, 7) is 0.202. The quantitative estimate of drug-likeness (QED) is 0.265. The van der Waals surface area contributed by atoms with E-state index in [1.54, 1.807) is 24.3 Å². The number of anilines is 1. The normalized spacial score (nSPS) is 17.5. The van der Waals surface area contributed by atoms with Gasteiger partial charge in [0.1, 0.15) is 5.75 Å². The molecule has 2 aromatic rings. The molecule has 42 heavy (non-hydrogen) atoms. The van der Waals surface area contributed by atoms with Crippen LogP contribution in [-0.4, -0.2) is 70.0 Å². The molecule has 1 aliphatic carbocycles. The third-order valence-electron chi connectivity index (χ3n) is 7.75. The molecule has 1 saturated carbocycles. The highest BCUT2D eigenvalue weighted by Crippen LogP contribution is 2.30. The van der Waals surface area contributed by atoms with E-state index in [9.17, 15) is 34.4 Å². The monoisotopic (exact) mass is 581 g/mol. The van der Waals surface area contributed by atoms with Crippen LogP contribution in [0, 0.1) is 16.0 Å². The van der Waals surface area contributed by atoms with Crippen LogP contribution in [0.15, 0.2) is 48.5 Å². The van der Waals surface area contributed by atoms with Crippen molar-refractivity contribution in [1.82, 2.24) is 15.1 Å². The van der Waals surface area contributed by atoms with Crippen molar-refractivity contribution in [3.05, 3.63) is 64.2 Å². The van der Waals surface area contributed by atoms with Crippen molar-refractivity contribution < 1.29 is 33.9 Å². The largest absolute Gasteiger partial charge is 0.497 e. The second-order valence-electron chi connectivity index (χ2n) is 10.5. The van der Waals surface area contributed by atoms with Gasteiger partial charge in [0, 0.05) is 37.3 Å². The summed E-state index contributed by atoms with van der Waals surface area (Å²) in [6.07, 6.45) is 3.41. The van der Waals surface area contributed by atoms with Crippen LogP contribution in [-0.2, 0) is 14.4 Å². The first-order chi connectivity index (χ1) is 20.2. The van der Waals surface area contributed by atoms with Gasteiger partial charge in [0.2, 0.25) is 5.91 Å². The fraction of sp³-hybridized carbons (Fsp3) is 0.448. The van der Waals surface area contributed by atoms with Gasteiger partial charge in [0.15, 0.2) is 6.17 Å². The number of hydrogen-bond acceptors (Lipinski definition) is 7. The lowest BCUT2D eigenvalue weighted by Crippen LogP contribution is -2.55. The van der Waals surface area contributed by atoms with Gasteiger partial charge in [-0.1, -0.05) is 37.8 Å². The molecule has 2 unspecified atom stereocenters. The molecule has 2 aliphatic rings. The Morgan fingerprint density at radius 1 is 1.07 bits per heavy atom. The summed E-state index contributed by atoms with van der Waals surface area (Å²) in [5.41, 5.74) is 0.403. The lowest BCUT2D eigenvalue weighted by Gasteiger charge is -2.31. The van der Waals surface area contributed by atoms with Crippen LogP contribution < -0.4 is 15.4 Å². The van der Waals surface area contributed by atoms with E-state index in [2.05, 4.69) is 10.6 Å². The summed E-state index contributed by atoms with van der Waals surface area (Å²) in [5, 5.41) is 26.2. The van der Waals surface area contributed by atoms with Crippen molar-refractivity contribution in [2.24, 2.45) is 5.92 Å². The zero-order valence-electron chi connectivity index (χ0n) is 23.4. The first-order valence-electron chi connectivity index (χ1n) is 13.9. The minimum Gasteiger partial charge on any atom is -0.497 e. The van der Waals surface area contributed by atoms with Crippen molar-refractivity contribution in [3.63, 3.8) is 0 Å². The number of methoxy groups -OCH3 is 1. The maximum Gasteiger partial charge on any atom is 0.323 e. The standard InChI is InChI=1S/C29H35N5O8/c1-42-23-12-10-21(11-13-23)30-29(39)33-16-15-32(25(35)14-9-19-5-2-3-6-19)28(33)27(38)31-24(18-26(36)37)20-7-4-8-22(17-20)34(40)41/h4,7-8,10-13,17,19,24,28H,2-3,5-6,9,14-16,18H2,1H3,(H,30,39)(H,31,38)(H,36,37). The Hall–Kier alpha value is -4.68. The predicted molar refractivity (Wildman–Crippen MR) is 152 cm³/mol. The highest BCUT2D eigenvalue weighted by Gasteiger charge is 2.43. The number of hydrogen-bond donors (Lipinski definition) is 3. The average Bonchev–Trinajstić information content (AvgIpc) is 3.66. The summed E-state index contributed by atoms with van der Waals surface area (Å²) >= 11 is 0. The molecular formula is C29H35N5O8. The number of benzene rings is 2. The van der Waals surface area contributed by atoms with Gasteiger partial charge in [0.05, 0.1) is 24.5 Å². The van der Waals surface area contributed by atoms with Crippen LogP contribution in [0.2, 0.25) is 0 Å². The van der Waals surface area contributed by atoms with Crippen molar-refractivity contribution in [2.45, 2.75) is 57.2 Å². The van der Waals surface area contributed by atoms with E-state index in [1.807, 2.05) is 0 Å². The maximum absolute atomic E-state index is 13.8. The number of non-ortho nitro benzene ring substituents is 1. The fourth-order valence-electron chi connectivity index (χ4n) is 5.55. The highest BCUT2D eigenvalue weighted by atomic mass is 16.6. The number of nitro benzene ring substituents is 1. The van der Waals surface area contributed by atoms with Crippen LogP contribution in [0.25, 0.3) is 0 Å². The molecule has 0 aromatic heterocycles. The molecular weight excluding hydrogens is 546 g/mol. The number of nitrogens with one attached hydrogen (secondary N) is 2. The Labute approximate surface area is 243 Å². The van der Waals surface area contributed by atoms with Gasteiger partial charge in [-0.15, -0.1) is 0 Å². The first kappa shape index (κ1) is 30.3. The fourth-order valence-corrected chi connectivity index (χ4v) is 5.55. The molecule has 13 heteroatoms. The van der Waals surface area contributed by atoms with Crippen LogP contribution in [0.3, 0.4) is 0 Å². The number of amides is 4. The average molecular weight is 582 g/mol. The molecule has 0 spiro atoms. The summed E-state index contributed by atoms with van der Waals surface area (Å²) in [4.78, 5) is 65.5. The number of aliphatic carboxylic acids is 1. The summed E-state index contributed by atoms with van der Waals surface area (Å²) in [6, 6.07) is 10.2. The molecule has 1 heterocycles. The highest BCUT2D eigenvalue weighted by molar-refractivity contribution is 5.96. The Balaban J connectivity index is 1.57. The van der Waals surface area contributed by atoms with Crippen molar-refractivity contribution in [1.29, 1.82) is 0 Å². The number of ether oxygens (including phenoxy) is 1. The Bertz CT molecular complexity index is 1310. The van der Waals surface area contributed by atoms with Gasteiger partial charge in [0.25, 0.3) is 11.6 Å². The molecule has 4 amide bonds. The summed E-state index contributed by atoms with van der Waals surface area (Å²) < 4.78 is 5.14.